The molecule has 2 N–H and O–H groups in total. The lowest BCUT2D eigenvalue weighted by Gasteiger charge is -2.06. The Bertz CT molecular complexity index is 210. The highest BCUT2D eigenvalue weighted by Crippen LogP contribution is 1.94. The van der Waals surface area contributed by atoms with Gasteiger partial charge >= 0.3 is 0 Å². The molecule has 0 rings (SSSR count). The van der Waals surface area contributed by atoms with Crippen LogP contribution in [0.2, 0.25) is 0 Å². The molecule has 0 bridgehead atoms. The van der Waals surface area contributed by atoms with E-state index in [1.807, 2.05) is 6.92 Å². The van der Waals surface area contributed by atoms with Crippen LogP contribution in [0.15, 0.2) is 0 Å². The number of nitrogens with one attached hydrogen (secondary N) is 2. The summed E-state index contributed by atoms with van der Waals surface area (Å²) < 4.78 is 25.5. The Kier molecular flexibility index (Phi) is 9.04. The van der Waals surface area contributed by atoms with Gasteiger partial charge in [-0.1, -0.05) is 26.7 Å². The molecule has 0 fully saturated rings. The molecule has 92 valence electrons. The summed E-state index contributed by atoms with van der Waals surface area (Å²) in [6, 6.07) is 0. The van der Waals surface area contributed by atoms with E-state index in [1.165, 1.54) is 0 Å². The highest BCUT2D eigenvalue weighted by atomic mass is 32.2. The Balaban J connectivity index is 3.50. The maximum absolute atomic E-state index is 11.4. The van der Waals surface area contributed by atoms with Crippen molar-refractivity contribution in [3.05, 3.63) is 0 Å². The fourth-order valence-electron chi connectivity index (χ4n) is 1.24. The summed E-state index contributed by atoms with van der Waals surface area (Å²) in [4.78, 5) is 0. The summed E-state index contributed by atoms with van der Waals surface area (Å²) in [6.45, 7) is 6.36. The first-order chi connectivity index (χ1) is 7.12. The molecule has 4 nitrogen and oxygen atoms in total. The molecule has 0 amide bonds. The first-order valence-corrected chi connectivity index (χ1v) is 7.45. The van der Waals surface area contributed by atoms with Gasteiger partial charge in [0.05, 0.1) is 5.75 Å². The van der Waals surface area contributed by atoms with Gasteiger partial charge in [-0.15, -0.1) is 0 Å². The molecule has 0 heterocycles. The normalized spacial score (nSPS) is 11.9. The Morgan fingerprint density at radius 3 is 2.33 bits per heavy atom. The van der Waals surface area contributed by atoms with Gasteiger partial charge in [-0.2, -0.15) is 0 Å². The Morgan fingerprint density at radius 1 is 1.00 bits per heavy atom. The summed E-state index contributed by atoms with van der Waals surface area (Å²) in [5.41, 5.74) is 0. The average molecular weight is 236 g/mol. The van der Waals surface area contributed by atoms with Crippen LogP contribution in [-0.2, 0) is 10.0 Å². The topological polar surface area (TPSA) is 58.2 Å². The van der Waals surface area contributed by atoms with Gasteiger partial charge in [0, 0.05) is 6.54 Å². The highest BCUT2D eigenvalue weighted by Gasteiger charge is 2.07. The van der Waals surface area contributed by atoms with E-state index in [1.54, 1.807) is 0 Å². The molecule has 0 aliphatic heterocycles. The summed E-state index contributed by atoms with van der Waals surface area (Å²) in [5.74, 6) is 0.228. The van der Waals surface area contributed by atoms with E-state index >= 15 is 0 Å². The number of sulfonamides is 1. The third-order valence-corrected chi connectivity index (χ3v) is 3.59. The maximum Gasteiger partial charge on any atom is 0.211 e. The first-order valence-electron chi connectivity index (χ1n) is 5.80. The molecule has 0 aromatic carbocycles. The third-order valence-electron chi connectivity index (χ3n) is 2.12. The van der Waals surface area contributed by atoms with Crippen molar-refractivity contribution in [2.24, 2.45) is 0 Å². The molecule has 0 saturated heterocycles. The van der Waals surface area contributed by atoms with Crippen LogP contribution in [0.5, 0.6) is 0 Å². The fourth-order valence-corrected chi connectivity index (χ4v) is 2.36. The van der Waals surface area contributed by atoms with E-state index in [-0.39, 0.29) is 5.75 Å². The second kappa shape index (κ2) is 9.12. The van der Waals surface area contributed by atoms with Crippen LogP contribution >= 0.6 is 0 Å². The minimum atomic E-state index is -3.03. The molecule has 0 aliphatic carbocycles. The van der Waals surface area contributed by atoms with Crippen LogP contribution in [-0.4, -0.2) is 33.8 Å². The molecular weight excluding hydrogens is 212 g/mol. The minimum Gasteiger partial charge on any atom is -0.317 e. The van der Waals surface area contributed by atoms with E-state index in [4.69, 9.17) is 0 Å². The number of hydrogen-bond donors (Lipinski definition) is 2. The lowest BCUT2D eigenvalue weighted by atomic mass is 10.3. The smallest absolute Gasteiger partial charge is 0.211 e. The van der Waals surface area contributed by atoms with Crippen molar-refractivity contribution < 1.29 is 8.42 Å². The van der Waals surface area contributed by atoms with E-state index in [0.29, 0.717) is 13.0 Å². The van der Waals surface area contributed by atoms with Gasteiger partial charge in [0.2, 0.25) is 10.0 Å². The summed E-state index contributed by atoms with van der Waals surface area (Å²) in [7, 11) is -3.03. The van der Waals surface area contributed by atoms with E-state index < -0.39 is 10.0 Å². The summed E-state index contributed by atoms with van der Waals surface area (Å²) in [6.07, 6.45) is 3.81. The van der Waals surface area contributed by atoms with Gasteiger partial charge in [-0.25, -0.2) is 13.1 Å². The number of rotatable bonds is 10. The van der Waals surface area contributed by atoms with E-state index in [9.17, 15) is 8.42 Å². The van der Waals surface area contributed by atoms with Crippen molar-refractivity contribution >= 4 is 10.0 Å². The zero-order valence-corrected chi connectivity index (χ0v) is 10.7. The van der Waals surface area contributed by atoms with Crippen molar-refractivity contribution in [1.82, 2.24) is 10.0 Å². The van der Waals surface area contributed by atoms with Gasteiger partial charge in [-0.05, 0) is 25.9 Å². The van der Waals surface area contributed by atoms with E-state index in [2.05, 4.69) is 17.0 Å². The largest absolute Gasteiger partial charge is 0.317 e. The summed E-state index contributed by atoms with van der Waals surface area (Å²) >= 11 is 0. The molecular formula is C10H24N2O2S. The van der Waals surface area contributed by atoms with Crippen molar-refractivity contribution in [2.45, 2.75) is 39.5 Å². The van der Waals surface area contributed by atoms with Crippen LogP contribution in [0, 0.1) is 0 Å². The second-order valence-electron chi connectivity index (χ2n) is 3.63. The van der Waals surface area contributed by atoms with Gasteiger partial charge < -0.3 is 5.32 Å². The standard InChI is InChI=1S/C10H24N2O2S/c1-3-5-6-9-12-15(13,14)10-7-8-11-4-2/h11-12H,3-10H2,1-2H3. The zero-order chi connectivity index (χ0) is 11.6. The van der Waals surface area contributed by atoms with Gasteiger partial charge in [0.25, 0.3) is 0 Å². The fraction of sp³-hybridized carbons (Fsp3) is 1.00. The van der Waals surface area contributed by atoms with Crippen LogP contribution in [0.3, 0.4) is 0 Å². The Labute approximate surface area is 93.9 Å². The van der Waals surface area contributed by atoms with Crippen molar-refractivity contribution in [1.29, 1.82) is 0 Å². The molecule has 0 aliphatic rings. The first kappa shape index (κ1) is 14.9. The SMILES string of the molecule is CCCCCNS(=O)(=O)CCCNCC. The predicted molar refractivity (Wildman–Crippen MR) is 64.5 cm³/mol. The quantitative estimate of drug-likeness (QED) is 0.558. The summed E-state index contributed by atoms with van der Waals surface area (Å²) in [5, 5.41) is 3.11. The molecule has 0 unspecified atom stereocenters. The van der Waals surface area contributed by atoms with Crippen molar-refractivity contribution in [3.63, 3.8) is 0 Å². The molecule has 0 radical (unpaired) electrons. The van der Waals surface area contributed by atoms with Crippen LogP contribution < -0.4 is 10.0 Å². The van der Waals surface area contributed by atoms with Crippen molar-refractivity contribution in [3.8, 4) is 0 Å². The van der Waals surface area contributed by atoms with Crippen LogP contribution in [0.25, 0.3) is 0 Å². The molecule has 0 saturated carbocycles. The molecule has 0 aromatic rings. The molecule has 0 spiro atoms. The van der Waals surface area contributed by atoms with Crippen molar-refractivity contribution in [2.75, 3.05) is 25.4 Å². The zero-order valence-electron chi connectivity index (χ0n) is 9.88. The maximum atomic E-state index is 11.4. The number of hydrogen-bond acceptors (Lipinski definition) is 3. The molecule has 15 heavy (non-hydrogen) atoms. The van der Waals surface area contributed by atoms with Gasteiger partial charge in [0.15, 0.2) is 0 Å². The minimum absolute atomic E-state index is 0.228. The monoisotopic (exact) mass is 236 g/mol. The van der Waals surface area contributed by atoms with Gasteiger partial charge in [-0.3, -0.25) is 0 Å². The second-order valence-corrected chi connectivity index (χ2v) is 5.55. The third kappa shape index (κ3) is 10.2. The number of unbranched alkanes of at least 4 members (excludes halogenated alkanes) is 2. The average Bonchev–Trinajstić information content (AvgIpc) is 2.20. The van der Waals surface area contributed by atoms with Crippen LogP contribution in [0.1, 0.15) is 39.5 Å². The lowest BCUT2D eigenvalue weighted by Crippen LogP contribution is -2.29. The predicted octanol–water partition coefficient (Wildman–Crippen LogP) is 1.10. The van der Waals surface area contributed by atoms with E-state index in [0.717, 1.165) is 32.4 Å². The highest BCUT2D eigenvalue weighted by molar-refractivity contribution is 7.89. The molecule has 5 heteroatoms. The molecule has 0 atom stereocenters. The molecule has 0 aromatic heterocycles. The van der Waals surface area contributed by atoms with Crippen LogP contribution in [0.4, 0.5) is 0 Å². The van der Waals surface area contributed by atoms with Gasteiger partial charge in [0.1, 0.15) is 0 Å². The Hall–Kier alpha value is -0.130. The Morgan fingerprint density at radius 2 is 1.73 bits per heavy atom. The lowest BCUT2D eigenvalue weighted by molar-refractivity contribution is 0.571.